The van der Waals surface area contributed by atoms with E-state index in [-0.39, 0.29) is 16.7 Å². The summed E-state index contributed by atoms with van der Waals surface area (Å²) in [5.74, 6) is 3.16. The van der Waals surface area contributed by atoms with Crippen molar-refractivity contribution in [2.24, 2.45) is 17.3 Å². The molecule has 0 spiro atoms. The fourth-order valence-corrected chi connectivity index (χ4v) is 7.47. The lowest BCUT2D eigenvalue weighted by molar-refractivity contribution is -0.149. The molecule has 4 bridgehead atoms. The molecule has 1 amide bonds. The van der Waals surface area contributed by atoms with Crippen LogP contribution in [-0.4, -0.2) is 5.91 Å². The molecule has 2 unspecified atom stereocenters. The summed E-state index contributed by atoms with van der Waals surface area (Å²) in [7, 11) is 0. The number of hydrogen-bond donors (Lipinski definition) is 1. The highest BCUT2D eigenvalue weighted by atomic mass is 35.5. The third-order valence-corrected chi connectivity index (χ3v) is 8.61. The molecule has 3 aromatic carbocycles. The number of benzene rings is 3. The molecule has 3 nitrogen and oxygen atoms in total. The van der Waals surface area contributed by atoms with Gasteiger partial charge in [-0.3, -0.25) is 4.79 Å². The van der Waals surface area contributed by atoms with E-state index in [1.807, 2.05) is 66.7 Å². The first-order chi connectivity index (χ1) is 16.5. The normalized spacial score (nSPS) is 29.1. The average molecular weight is 472 g/mol. The molecule has 4 saturated carbocycles. The topological polar surface area (TPSA) is 38.3 Å². The Bertz CT molecular complexity index is 1160. The quantitative estimate of drug-likeness (QED) is 0.410. The Morgan fingerprint density at radius 2 is 1.50 bits per heavy atom. The highest BCUT2D eigenvalue weighted by molar-refractivity contribution is 6.30. The minimum atomic E-state index is -0.236. The summed E-state index contributed by atoms with van der Waals surface area (Å²) in [5, 5.41) is 4.08. The molecule has 4 aliphatic carbocycles. The van der Waals surface area contributed by atoms with Crippen LogP contribution in [0.4, 0.5) is 0 Å². The highest BCUT2D eigenvalue weighted by Crippen LogP contribution is 2.65. The van der Waals surface area contributed by atoms with Crippen molar-refractivity contribution in [2.45, 2.75) is 50.5 Å². The molecule has 3 aromatic rings. The van der Waals surface area contributed by atoms with E-state index in [0.717, 1.165) is 41.3 Å². The van der Waals surface area contributed by atoms with Crippen LogP contribution < -0.4 is 10.1 Å². The van der Waals surface area contributed by atoms with Crippen LogP contribution in [0, 0.1) is 17.3 Å². The summed E-state index contributed by atoms with van der Waals surface area (Å²) < 4.78 is 5.89. The zero-order chi connectivity index (χ0) is 23.2. The lowest BCUT2D eigenvalue weighted by Crippen LogP contribution is -2.59. The number of carbonyl (C=O) groups is 1. The SMILES string of the molecule is O=C(NCc1ccc(Oc2ccccc2)cc1)C12CC3CC(C1)CC(c1ccc(Cl)cc1)(C3)C2. The summed E-state index contributed by atoms with van der Waals surface area (Å²) in [6.45, 7) is 0.551. The monoisotopic (exact) mass is 471 g/mol. The van der Waals surface area contributed by atoms with E-state index >= 15 is 0 Å². The molecule has 174 valence electrons. The summed E-state index contributed by atoms with van der Waals surface area (Å²) in [6.07, 6.45) is 6.74. The van der Waals surface area contributed by atoms with Gasteiger partial charge < -0.3 is 10.1 Å². The molecule has 34 heavy (non-hydrogen) atoms. The van der Waals surface area contributed by atoms with Gasteiger partial charge in [-0.2, -0.15) is 0 Å². The van der Waals surface area contributed by atoms with Crippen LogP contribution in [-0.2, 0) is 16.8 Å². The summed E-state index contributed by atoms with van der Waals surface area (Å²) in [4.78, 5) is 13.6. The van der Waals surface area contributed by atoms with Gasteiger partial charge in [-0.1, -0.05) is 54.1 Å². The number of hydrogen-bond acceptors (Lipinski definition) is 2. The molecule has 0 aromatic heterocycles. The van der Waals surface area contributed by atoms with Crippen LogP contribution in [0.15, 0.2) is 78.9 Å². The number of nitrogens with one attached hydrogen (secondary N) is 1. The maximum Gasteiger partial charge on any atom is 0.226 e. The first-order valence-corrected chi connectivity index (χ1v) is 12.8. The van der Waals surface area contributed by atoms with E-state index < -0.39 is 0 Å². The molecule has 0 saturated heterocycles. The van der Waals surface area contributed by atoms with Gasteiger partial charge >= 0.3 is 0 Å². The second-order valence-electron chi connectivity index (χ2n) is 10.8. The number of carbonyl (C=O) groups excluding carboxylic acids is 1. The van der Waals surface area contributed by atoms with E-state index in [4.69, 9.17) is 16.3 Å². The number of amides is 1. The predicted molar refractivity (Wildman–Crippen MR) is 135 cm³/mol. The van der Waals surface area contributed by atoms with Crippen molar-refractivity contribution in [2.75, 3.05) is 0 Å². The third kappa shape index (κ3) is 4.01. The van der Waals surface area contributed by atoms with Crippen molar-refractivity contribution in [1.82, 2.24) is 5.32 Å². The molecule has 0 aliphatic heterocycles. The molecular formula is C30H30ClNO2. The van der Waals surface area contributed by atoms with Gasteiger partial charge in [-0.15, -0.1) is 0 Å². The van der Waals surface area contributed by atoms with Gasteiger partial charge in [0.15, 0.2) is 0 Å². The highest BCUT2D eigenvalue weighted by Gasteiger charge is 2.60. The maximum atomic E-state index is 13.6. The van der Waals surface area contributed by atoms with Gasteiger partial charge in [-0.25, -0.2) is 0 Å². The fourth-order valence-electron chi connectivity index (χ4n) is 7.34. The van der Waals surface area contributed by atoms with Crippen molar-refractivity contribution < 1.29 is 9.53 Å². The fraction of sp³-hybridized carbons (Fsp3) is 0.367. The molecule has 4 fully saturated rings. The van der Waals surface area contributed by atoms with Gasteiger partial charge in [0.2, 0.25) is 5.91 Å². The maximum absolute atomic E-state index is 13.6. The van der Waals surface area contributed by atoms with Crippen molar-refractivity contribution in [3.8, 4) is 11.5 Å². The minimum Gasteiger partial charge on any atom is -0.457 e. The third-order valence-electron chi connectivity index (χ3n) is 8.35. The Hall–Kier alpha value is -2.78. The number of rotatable bonds is 6. The smallest absolute Gasteiger partial charge is 0.226 e. The van der Waals surface area contributed by atoms with Crippen LogP contribution in [0.2, 0.25) is 5.02 Å². The van der Waals surface area contributed by atoms with E-state index in [1.54, 1.807) is 0 Å². The second kappa shape index (κ2) is 8.46. The largest absolute Gasteiger partial charge is 0.457 e. The predicted octanol–water partition coefficient (Wildman–Crippen LogP) is 7.29. The lowest BCUT2D eigenvalue weighted by atomic mass is 9.42. The van der Waals surface area contributed by atoms with E-state index in [2.05, 4.69) is 17.4 Å². The minimum absolute atomic E-state index is 0.127. The zero-order valence-corrected chi connectivity index (χ0v) is 20.1. The van der Waals surface area contributed by atoms with Crippen molar-refractivity contribution in [3.63, 3.8) is 0 Å². The molecular weight excluding hydrogens is 442 g/mol. The van der Waals surface area contributed by atoms with Crippen molar-refractivity contribution in [1.29, 1.82) is 0 Å². The summed E-state index contributed by atoms with van der Waals surface area (Å²) in [5.41, 5.74) is 2.35. The van der Waals surface area contributed by atoms with Crippen molar-refractivity contribution in [3.05, 3.63) is 95.0 Å². The molecule has 4 heteroatoms. The van der Waals surface area contributed by atoms with Gasteiger partial charge in [-0.05, 0) is 103 Å². The van der Waals surface area contributed by atoms with E-state index in [0.29, 0.717) is 18.4 Å². The van der Waals surface area contributed by atoms with E-state index in [1.165, 1.54) is 24.8 Å². The lowest BCUT2D eigenvalue weighted by Gasteiger charge is -2.61. The van der Waals surface area contributed by atoms with Crippen LogP contribution in [0.1, 0.15) is 49.7 Å². The summed E-state index contributed by atoms with van der Waals surface area (Å²) in [6, 6.07) is 26.2. The molecule has 4 aliphatic rings. The Labute approximate surface area is 206 Å². The molecule has 0 radical (unpaired) electrons. The molecule has 0 heterocycles. The molecule has 2 atom stereocenters. The van der Waals surface area contributed by atoms with Crippen molar-refractivity contribution >= 4 is 17.5 Å². The Balaban J connectivity index is 1.15. The second-order valence-corrected chi connectivity index (χ2v) is 11.2. The first-order valence-electron chi connectivity index (χ1n) is 12.4. The Morgan fingerprint density at radius 1 is 0.853 bits per heavy atom. The average Bonchev–Trinajstić information content (AvgIpc) is 2.83. The number of para-hydroxylation sites is 1. The van der Waals surface area contributed by atoms with Gasteiger partial charge in [0, 0.05) is 11.6 Å². The molecule has 1 N–H and O–H groups in total. The van der Waals surface area contributed by atoms with Crippen LogP contribution in [0.25, 0.3) is 0 Å². The first kappa shape index (κ1) is 21.7. The zero-order valence-electron chi connectivity index (χ0n) is 19.3. The Kier molecular flexibility index (Phi) is 5.41. The van der Waals surface area contributed by atoms with Gasteiger partial charge in [0.05, 0.1) is 5.41 Å². The summed E-state index contributed by atoms with van der Waals surface area (Å²) >= 11 is 6.17. The number of halogens is 1. The van der Waals surface area contributed by atoms with Gasteiger partial charge in [0.25, 0.3) is 0 Å². The van der Waals surface area contributed by atoms with Gasteiger partial charge in [0.1, 0.15) is 11.5 Å². The molecule has 7 rings (SSSR count). The van der Waals surface area contributed by atoms with Crippen LogP contribution in [0.3, 0.4) is 0 Å². The number of ether oxygens (including phenoxy) is 1. The van der Waals surface area contributed by atoms with Crippen LogP contribution >= 0.6 is 11.6 Å². The van der Waals surface area contributed by atoms with Crippen LogP contribution in [0.5, 0.6) is 11.5 Å². The van der Waals surface area contributed by atoms with E-state index in [9.17, 15) is 4.79 Å². The Morgan fingerprint density at radius 3 is 2.18 bits per heavy atom. The standard InChI is InChI=1S/C30H30ClNO2/c31-25-10-8-24(9-11-25)29-15-22-14-23(16-29)18-30(17-22,20-29)28(33)32-19-21-6-12-27(13-7-21)34-26-4-2-1-3-5-26/h1-13,22-23H,14-20H2,(H,32,33).